The Balaban J connectivity index is 1.66. The molecule has 0 aliphatic carbocycles. The number of nitrogens with two attached hydrogens (primary N) is 1. The molecular formula is C22H18N2O2. The van der Waals surface area contributed by atoms with Crippen LogP contribution in [0.5, 0.6) is 0 Å². The van der Waals surface area contributed by atoms with Crippen LogP contribution in [0.4, 0.5) is 0 Å². The number of hydrogen-bond acceptors (Lipinski definition) is 4. The lowest BCUT2D eigenvalue weighted by atomic mass is 9.95. The largest absolute Gasteiger partial charge is 0.464 e. The third kappa shape index (κ3) is 2.51. The van der Waals surface area contributed by atoms with E-state index in [1.165, 1.54) is 0 Å². The number of epoxide rings is 1. The van der Waals surface area contributed by atoms with E-state index in [4.69, 9.17) is 19.9 Å². The van der Waals surface area contributed by atoms with Gasteiger partial charge in [0.15, 0.2) is 0 Å². The van der Waals surface area contributed by atoms with Crippen molar-refractivity contribution in [3.05, 3.63) is 78.2 Å². The summed E-state index contributed by atoms with van der Waals surface area (Å²) < 4.78 is 11.1. The molecule has 1 aliphatic rings. The number of pyridine rings is 1. The van der Waals surface area contributed by atoms with Crippen molar-refractivity contribution in [3.8, 4) is 22.4 Å². The number of aryl methyl sites for hydroxylation is 1. The number of rotatable bonds is 3. The summed E-state index contributed by atoms with van der Waals surface area (Å²) >= 11 is 0. The number of fused-ring (bicyclic) bond motifs is 1. The molecule has 4 aromatic rings. The third-order valence-corrected chi connectivity index (χ3v) is 4.84. The average Bonchev–Trinajstić information content (AvgIpc) is 3.24. The second-order valence-electron chi connectivity index (χ2n) is 6.63. The van der Waals surface area contributed by atoms with Gasteiger partial charge in [-0.15, -0.1) is 0 Å². The molecule has 4 nitrogen and oxygen atoms in total. The van der Waals surface area contributed by atoms with Crippen LogP contribution in [-0.2, 0) is 4.74 Å². The molecule has 3 heterocycles. The van der Waals surface area contributed by atoms with Crippen molar-refractivity contribution in [3.63, 3.8) is 0 Å². The van der Waals surface area contributed by atoms with Crippen molar-refractivity contribution in [1.82, 2.24) is 4.98 Å². The molecule has 1 saturated heterocycles. The van der Waals surface area contributed by atoms with Gasteiger partial charge in [0.25, 0.3) is 0 Å². The highest BCUT2D eigenvalue weighted by atomic mass is 16.6. The molecule has 1 aliphatic heterocycles. The van der Waals surface area contributed by atoms with Crippen LogP contribution in [0.2, 0.25) is 0 Å². The molecule has 2 aromatic heterocycles. The van der Waals surface area contributed by atoms with Gasteiger partial charge in [-0.1, -0.05) is 36.4 Å². The molecule has 2 aromatic carbocycles. The third-order valence-electron chi connectivity index (χ3n) is 4.84. The molecule has 2 atom stereocenters. The van der Waals surface area contributed by atoms with E-state index in [9.17, 15) is 0 Å². The van der Waals surface area contributed by atoms with Gasteiger partial charge < -0.3 is 14.9 Å². The Hall–Kier alpha value is -2.95. The first-order chi connectivity index (χ1) is 12.7. The van der Waals surface area contributed by atoms with Gasteiger partial charge in [-0.05, 0) is 42.3 Å². The maximum absolute atomic E-state index is 5.84. The molecule has 4 heteroatoms. The van der Waals surface area contributed by atoms with Crippen LogP contribution in [0, 0.1) is 6.92 Å². The van der Waals surface area contributed by atoms with Gasteiger partial charge in [-0.25, -0.2) is 0 Å². The number of furan rings is 1. The van der Waals surface area contributed by atoms with E-state index in [2.05, 4.69) is 30.3 Å². The monoisotopic (exact) mass is 342 g/mol. The van der Waals surface area contributed by atoms with Crippen LogP contribution in [0.15, 0.2) is 71.3 Å². The van der Waals surface area contributed by atoms with Gasteiger partial charge in [0, 0.05) is 22.2 Å². The van der Waals surface area contributed by atoms with Gasteiger partial charge >= 0.3 is 0 Å². The van der Waals surface area contributed by atoms with Crippen LogP contribution >= 0.6 is 0 Å². The molecule has 5 rings (SSSR count). The summed E-state index contributed by atoms with van der Waals surface area (Å²) in [6, 6.07) is 20.7. The number of benzene rings is 2. The minimum atomic E-state index is -0.233. The molecule has 0 spiro atoms. The summed E-state index contributed by atoms with van der Waals surface area (Å²) in [6.45, 7) is 2.01. The van der Waals surface area contributed by atoms with E-state index >= 15 is 0 Å². The van der Waals surface area contributed by atoms with E-state index in [1.54, 1.807) is 6.26 Å². The summed E-state index contributed by atoms with van der Waals surface area (Å²) in [5, 5.41) is 1.05. The van der Waals surface area contributed by atoms with Gasteiger partial charge in [0.2, 0.25) is 0 Å². The maximum Gasteiger partial charge on any atom is 0.137 e. The van der Waals surface area contributed by atoms with E-state index in [0.29, 0.717) is 0 Å². The van der Waals surface area contributed by atoms with Crippen molar-refractivity contribution in [2.75, 3.05) is 0 Å². The van der Waals surface area contributed by atoms with Crippen molar-refractivity contribution in [2.24, 2.45) is 5.73 Å². The molecule has 2 unspecified atom stereocenters. The minimum absolute atomic E-state index is 0.0693. The normalized spacial score (nSPS) is 19.0. The standard InChI is InChI=1S/C22H18N2O2/c1-13-5-4-8-19(24-13)16-7-3-2-6-15(16)14-9-10-20-17(11-14)18(12-25-20)21-22(23)26-21/h2-12,21-22H,23H2,1H3. The zero-order valence-electron chi connectivity index (χ0n) is 14.3. The SMILES string of the molecule is Cc1cccc(-c2ccccc2-c2ccc3occ(C4OC4N)c3c2)n1. The fraction of sp³-hybridized carbons (Fsp3) is 0.136. The lowest BCUT2D eigenvalue weighted by molar-refractivity contribution is 0.377. The molecule has 0 radical (unpaired) electrons. The Labute approximate surface area is 151 Å². The molecule has 1 fully saturated rings. The Morgan fingerprint density at radius 1 is 0.962 bits per heavy atom. The topological polar surface area (TPSA) is 64.6 Å². The van der Waals surface area contributed by atoms with Crippen LogP contribution in [0.1, 0.15) is 17.4 Å². The fourth-order valence-electron chi connectivity index (χ4n) is 3.46. The zero-order valence-corrected chi connectivity index (χ0v) is 14.3. The highest BCUT2D eigenvalue weighted by Gasteiger charge is 2.39. The second kappa shape index (κ2) is 5.80. The van der Waals surface area contributed by atoms with Crippen LogP contribution < -0.4 is 5.73 Å². The molecule has 2 N–H and O–H groups in total. The highest BCUT2D eigenvalue weighted by Crippen LogP contribution is 2.41. The van der Waals surface area contributed by atoms with Crippen molar-refractivity contribution in [2.45, 2.75) is 19.3 Å². The minimum Gasteiger partial charge on any atom is -0.464 e. The Morgan fingerprint density at radius 2 is 1.77 bits per heavy atom. The Bertz CT molecular complexity index is 1120. The van der Waals surface area contributed by atoms with Gasteiger partial charge in [0.1, 0.15) is 17.9 Å². The lowest BCUT2D eigenvalue weighted by Crippen LogP contribution is -2.00. The molecule has 0 bridgehead atoms. The number of hydrogen-bond donors (Lipinski definition) is 1. The van der Waals surface area contributed by atoms with E-state index in [1.807, 2.05) is 37.3 Å². The smallest absolute Gasteiger partial charge is 0.137 e. The fourth-order valence-corrected chi connectivity index (χ4v) is 3.46. The first-order valence-electron chi connectivity index (χ1n) is 8.66. The van der Waals surface area contributed by atoms with E-state index < -0.39 is 0 Å². The van der Waals surface area contributed by atoms with Crippen molar-refractivity contribution in [1.29, 1.82) is 0 Å². The molecule has 0 saturated carbocycles. The summed E-state index contributed by atoms with van der Waals surface area (Å²) in [5.74, 6) is 0. The molecular weight excluding hydrogens is 324 g/mol. The number of aromatic nitrogens is 1. The zero-order chi connectivity index (χ0) is 17.7. The van der Waals surface area contributed by atoms with E-state index in [-0.39, 0.29) is 12.3 Å². The molecule has 0 amide bonds. The predicted octanol–water partition coefficient (Wildman–Crippen LogP) is 4.83. The summed E-state index contributed by atoms with van der Waals surface area (Å²) in [6.07, 6.45) is 1.45. The maximum atomic E-state index is 5.84. The second-order valence-corrected chi connectivity index (χ2v) is 6.63. The summed E-state index contributed by atoms with van der Waals surface area (Å²) in [7, 11) is 0. The van der Waals surface area contributed by atoms with E-state index in [0.717, 1.165) is 44.6 Å². The first kappa shape index (κ1) is 15.3. The summed E-state index contributed by atoms with van der Waals surface area (Å²) in [4.78, 5) is 4.69. The first-order valence-corrected chi connectivity index (χ1v) is 8.66. The van der Waals surface area contributed by atoms with Crippen LogP contribution in [-0.4, -0.2) is 11.2 Å². The van der Waals surface area contributed by atoms with Crippen LogP contribution in [0.25, 0.3) is 33.4 Å². The average molecular weight is 342 g/mol. The Morgan fingerprint density at radius 3 is 2.54 bits per heavy atom. The van der Waals surface area contributed by atoms with Crippen molar-refractivity contribution < 1.29 is 9.15 Å². The predicted molar refractivity (Wildman–Crippen MR) is 101 cm³/mol. The number of ether oxygens (including phenoxy) is 1. The Kier molecular flexibility index (Phi) is 3.42. The van der Waals surface area contributed by atoms with Gasteiger partial charge in [-0.2, -0.15) is 0 Å². The lowest BCUT2D eigenvalue weighted by Gasteiger charge is -2.10. The van der Waals surface area contributed by atoms with Gasteiger partial charge in [0.05, 0.1) is 12.0 Å². The molecule has 128 valence electrons. The van der Waals surface area contributed by atoms with Crippen molar-refractivity contribution >= 4 is 11.0 Å². The highest BCUT2D eigenvalue weighted by molar-refractivity contribution is 5.90. The quantitative estimate of drug-likeness (QED) is 0.542. The van der Waals surface area contributed by atoms with Gasteiger partial charge in [-0.3, -0.25) is 4.98 Å². The van der Waals surface area contributed by atoms with Crippen LogP contribution in [0.3, 0.4) is 0 Å². The molecule has 26 heavy (non-hydrogen) atoms. The summed E-state index contributed by atoms with van der Waals surface area (Å²) in [5.41, 5.74) is 13.0. The number of nitrogens with zero attached hydrogens (tertiary/aromatic N) is 1.